The van der Waals surface area contributed by atoms with Gasteiger partial charge in [0.05, 0.1) is 12.5 Å². The Balaban J connectivity index is 2.27. The SMILES string of the molecule is CCC(Cl)c1ccc(N2CN(C)N=C(C(=O)OC)C2=O)cc1. The topological polar surface area (TPSA) is 62.2 Å². The molecule has 7 heteroatoms. The fourth-order valence-corrected chi connectivity index (χ4v) is 2.31. The smallest absolute Gasteiger partial charge is 0.364 e. The molecule has 1 atom stereocenters. The fraction of sp³-hybridized carbons (Fsp3) is 0.400. The molecule has 0 saturated heterocycles. The Kier molecular flexibility index (Phi) is 5.03. The van der Waals surface area contributed by atoms with Gasteiger partial charge < -0.3 is 4.74 Å². The van der Waals surface area contributed by atoms with Crippen LogP contribution in [-0.2, 0) is 14.3 Å². The van der Waals surface area contributed by atoms with Crippen LogP contribution in [0.3, 0.4) is 0 Å². The highest BCUT2D eigenvalue weighted by Crippen LogP contribution is 2.26. The number of halogens is 1. The molecule has 1 amide bonds. The molecule has 0 N–H and O–H groups in total. The van der Waals surface area contributed by atoms with Crippen LogP contribution >= 0.6 is 11.6 Å². The largest absolute Gasteiger partial charge is 0.464 e. The lowest BCUT2D eigenvalue weighted by Crippen LogP contribution is -2.49. The Morgan fingerprint density at radius 1 is 1.41 bits per heavy atom. The van der Waals surface area contributed by atoms with E-state index in [1.54, 1.807) is 7.05 Å². The molecule has 6 nitrogen and oxygen atoms in total. The van der Waals surface area contributed by atoms with Crippen molar-refractivity contribution in [3.8, 4) is 0 Å². The minimum atomic E-state index is -0.745. The molecular weight excluding hydrogens is 306 g/mol. The molecule has 0 bridgehead atoms. The third-order valence-corrected chi connectivity index (χ3v) is 3.93. The fourth-order valence-electron chi connectivity index (χ4n) is 2.16. The summed E-state index contributed by atoms with van der Waals surface area (Å²) in [6.07, 6.45) is 0.825. The maximum atomic E-state index is 12.4. The summed E-state index contributed by atoms with van der Waals surface area (Å²) in [6, 6.07) is 7.39. The number of amides is 1. The van der Waals surface area contributed by atoms with Crippen molar-refractivity contribution >= 4 is 34.9 Å². The summed E-state index contributed by atoms with van der Waals surface area (Å²) in [6.45, 7) is 2.27. The number of carbonyl (C=O) groups is 2. The van der Waals surface area contributed by atoms with Gasteiger partial charge in [-0.3, -0.25) is 14.7 Å². The summed E-state index contributed by atoms with van der Waals surface area (Å²) in [7, 11) is 2.90. The third-order valence-electron chi connectivity index (χ3n) is 3.37. The zero-order valence-corrected chi connectivity index (χ0v) is 13.5. The van der Waals surface area contributed by atoms with Crippen LogP contribution in [0.4, 0.5) is 5.69 Å². The Labute approximate surface area is 134 Å². The van der Waals surface area contributed by atoms with E-state index in [4.69, 9.17) is 11.6 Å². The molecule has 0 fully saturated rings. The number of hydrazone groups is 1. The minimum Gasteiger partial charge on any atom is -0.464 e. The van der Waals surface area contributed by atoms with E-state index in [-0.39, 0.29) is 17.8 Å². The quantitative estimate of drug-likeness (QED) is 0.629. The molecule has 0 radical (unpaired) electrons. The van der Waals surface area contributed by atoms with Crippen molar-refractivity contribution in [1.29, 1.82) is 0 Å². The van der Waals surface area contributed by atoms with Gasteiger partial charge in [-0.05, 0) is 24.1 Å². The zero-order valence-electron chi connectivity index (χ0n) is 12.7. The first kappa shape index (κ1) is 16.3. The summed E-state index contributed by atoms with van der Waals surface area (Å²) < 4.78 is 4.60. The molecule has 1 aromatic carbocycles. The molecule has 22 heavy (non-hydrogen) atoms. The second-order valence-electron chi connectivity index (χ2n) is 4.94. The molecule has 1 aliphatic heterocycles. The van der Waals surface area contributed by atoms with Crippen molar-refractivity contribution < 1.29 is 14.3 Å². The van der Waals surface area contributed by atoms with Gasteiger partial charge in [0, 0.05) is 12.7 Å². The number of carbonyl (C=O) groups excluding carboxylic acids is 2. The first-order valence-corrected chi connectivity index (χ1v) is 7.35. The number of alkyl halides is 1. The van der Waals surface area contributed by atoms with E-state index in [0.29, 0.717) is 5.69 Å². The summed E-state index contributed by atoms with van der Waals surface area (Å²) in [5.41, 5.74) is 1.44. The zero-order chi connectivity index (χ0) is 16.3. The van der Waals surface area contributed by atoms with Crippen LogP contribution in [0, 0.1) is 0 Å². The summed E-state index contributed by atoms with van der Waals surface area (Å²) in [5, 5.41) is 5.39. The van der Waals surface area contributed by atoms with Gasteiger partial charge in [-0.2, -0.15) is 5.10 Å². The van der Waals surface area contributed by atoms with Gasteiger partial charge in [0.25, 0.3) is 5.91 Å². The molecule has 1 aromatic rings. The predicted octanol–water partition coefficient (Wildman–Crippen LogP) is 2.14. The van der Waals surface area contributed by atoms with Gasteiger partial charge in [-0.1, -0.05) is 19.1 Å². The molecule has 0 saturated carbocycles. The standard InChI is InChI=1S/C15H18ClN3O3/c1-4-12(16)10-5-7-11(8-6-10)19-9-18(2)17-13(14(19)20)15(21)22-3/h5-8,12H,4,9H2,1-3H3. The lowest BCUT2D eigenvalue weighted by molar-refractivity contribution is -0.133. The van der Waals surface area contributed by atoms with Crippen LogP contribution in [0.2, 0.25) is 0 Å². The van der Waals surface area contributed by atoms with Gasteiger partial charge in [-0.15, -0.1) is 11.6 Å². The average Bonchev–Trinajstić information content (AvgIpc) is 2.55. The lowest BCUT2D eigenvalue weighted by atomic mass is 10.1. The molecule has 1 aliphatic rings. The molecule has 0 aliphatic carbocycles. The van der Waals surface area contributed by atoms with E-state index >= 15 is 0 Å². The number of hydrogen-bond donors (Lipinski definition) is 0. The average molecular weight is 324 g/mol. The van der Waals surface area contributed by atoms with Crippen LogP contribution in [0.5, 0.6) is 0 Å². The van der Waals surface area contributed by atoms with E-state index in [0.717, 1.165) is 12.0 Å². The van der Waals surface area contributed by atoms with E-state index in [2.05, 4.69) is 9.84 Å². The number of ether oxygens (including phenoxy) is 1. The van der Waals surface area contributed by atoms with Crippen LogP contribution in [-0.4, -0.2) is 43.4 Å². The normalized spacial score (nSPS) is 16.4. The Morgan fingerprint density at radius 3 is 2.59 bits per heavy atom. The second-order valence-corrected chi connectivity index (χ2v) is 5.47. The molecular formula is C15H18ClN3O3. The van der Waals surface area contributed by atoms with Gasteiger partial charge in [0.15, 0.2) is 0 Å². The number of anilines is 1. The number of nitrogens with zero attached hydrogens (tertiary/aromatic N) is 3. The number of hydrogen-bond acceptors (Lipinski definition) is 5. The van der Waals surface area contributed by atoms with Crippen LogP contribution in [0.15, 0.2) is 29.4 Å². The van der Waals surface area contributed by atoms with Crippen LogP contribution in [0.25, 0.3) is 0 Å². The third kappa shape index (κ3) is 3.22. The Hall–Kier alpha value is -2.08. The van der Waals surface area contributed by atoms with Crippen molar-refractivity contribution in [2.75, 3.05) is 25.7 Å². The van der Waals surface area contributed by atoms with Crippen molar-refractivity contribution in [2.45, 2.75) is 18.7 Å². The second kappa shape index (κ2) is 6.79. The van der Waals surface area contributed by atoms with E-state index in [1.807, 2.05) is 31.2 Å². The molecule has 118 valence electrons. The molecule has 1 heterocycles. The highest BCUT2D eigenvalue weighted by Gasteiger charge is 2.32. The maximum absolute atomic E-state index is 12.4. The molecule has 1 unspecified atom stereocenters. The van der Waals surface area contributed by atoms with Crippen molar-refractivity contribution in [1.82, 2.24) is 5.01 Å². The van der Waals surface area contributed by atoms with Gasteiger partial charge in [0.1, 0.15) is 6.67 Å². The summed E-state index contributed by atoms with van der Waals surface area (Å²) >= 11 is 6.20. The van der Waals surface area contributed by atoms with Crippen molar-refractivity contribution in [3.05, 3.63) is 29.8 Å². The van der Waals surface area contributed by atoms with Gasteiger partial charge in [0.2, 0.25) is 5.71 Å². The van der Waals surface area contributed by atoms with Crippen molar-refractivity contribution in [2.24, 2.45) is 5.10 Å². The summed E-state index contributed by atoms with van der Waals surface area (Å²) in [5.74, 6) is -1.22. The van der Waals surface area contributed by atoms with Crippen molar-refractivity contribution in [3.63, 3.8) is 0 Å². The number of esters is 1. The van der Waals surface area contributed by atoms with E-state index < -0.39 is 11.9 Å². The number of rotatable bonds is 4. The van der Waals surface area contributed by atoms with E-state index in [9.17, 15) is 9.59 Å². The van der Waals surface area contributed by atoms with Gasteiger partial charge >= 0.3 is 5.97 Å². The van der Waals surface area contributed by atoms with Crippen LogP contribution in [0.1, 0.15) is 24.3 Å². The predicted molar refractivity (Wildman–Crippen MR) is 84.9 cm³/mol. The highest BCUT2D eigenvalue weighted by molar-refractivity contribution is 6.66. The monoisotopic (exact) mass is 323 g/mol. The lowest BCUT2D eigenvalue weighted by Gasteiger charge is -2.31. The molecule has 0 aromatic heterocycles. The van der Waals surface area contributed by atoms with Crippen LogP contribution < -0.4 is 4.90 Å². The Morgan fingerprint density at radius 2 is 2.05 bits per heavy atom. The number of benzene rings is 1. The van der Waals surface area contributed by atoms with E-state index in [1.165, 1.54) is 17.0 Å². The summed E-state index contributed by atoms with van der Waals surface area (Å²) in [4.78, 5) is 25.5. The van der Waals surface area contributed by atoms with Gasteiger partial charge in [-0.25, -0.2) is 4.79 Å². The number of methoxy groups -OCH3 is 1. The first-order valence-electron chi connectivity index (χ1n) is 6.91. The maximum Gasteiger partial charge on any atom is 0.364 e. The highest BCUT2D eigenvalue weighted by atomic mass is 35.5. The Bertz CT molecular complexity index is 601. The minimum absolute atomic E-state index is 0.0547. The molecule has 2 rings (SSSR count). The first-order chi connectivity index (χ1) is 10.5. The molecule has 0 spiro atoms.